The monoisotopic (exact) mass is 278 g/mol. The van der Waals surface area contributed by atoms with Crippen LogP contribution in [0.3, 0.4) is 0 Å². The van der Waals surface area contributed by atoms with Crippen molar-refractivity contribution >= 4 is 0 Å². The highest BCUT2D eigenvalue weighted by Crippen LogP contribution is 2.31. The van der Waals surface area contributed by atoms with E-state index in [1.54, 1.807) is 30.5 Å². The van der Waals surface area contributed by atoms with E-state index in [2.05, 4.69) is 17.0 Å². The number of nitrogens with zero attached hydrogens (tertiary/aromatic N) is 4. The summed E-state index contributed by atoms with van der Waals surface area (Å²) < 4.78 is 9.07. The van der Waals surface area contributed by atoms with Gasteiger partial charge in [-0.25, -0.2) is 4.98 Å². The van der Waals surface area contributed by atoms with Crippen LogP contribution >= 0.6 is 0 Å². The fourth-order valence-electron chi connectivity index (χ4n) is 2.31. The summed E-state index contributed by atoms with van der Waals surface area (Å²) in [4.78, 5) is 4.13. The average Bonchev–Trinajstić information content (AvgIpc) is 3.04. The molecule has 0 saturated carbocycles. The predicted molar refractivity (Wildman–Crippen MR) is 75.7 cm³/mol. The summed E-state index contributed by atoms with van der Waals surface area (Å²) in [6.45, 7) is 6.96. The summed E-state index contributed by atoms with van der Waals surface area (Å²) in [5.74, 6) is 0.593. The van der Waals surface area contributed by atoms with Crippen molar-refractivity contribution in [1.82, 2.24) is 19.3 Å². The van der Waals surface area contributed by atoms with Crippen molar-refractivity contribution in [3.8, 4) is 5.75 Å². The second kappa shape index (κ2) is 6.09. The van der Waals surface area contributed by atoms with Crippen LogP contribution in [0.1, 0.15) is 50.7 Å². The predicted octanol–water partition coefficient (Wildman–Crippen LogP) is 2.16. The van der Waals surface area contributed by atoms with Gasteiger partial charge in [-0.2, -0.15) is 5.10 Å². The van der Waals surface area contributed by atoms with Gasteiger partial charge in [-0.15, -0.1) is 0 Å². The molecule has 0 aromatic carbocycles. The van der Waals surface area contributed by atoms with Crippen LogP contribution in [0, 0.1) is 0 Å². The van der Waals surface area contributed by atoms with E-state index < -0.39 is 6.10 Å². The standard InChI is InChI=1S/C14H22N4O2/c1-5-6-17-9-15-7-11(17)14(19)13-12(20-4)8-16-18(13)10(2)3/h7-10,14,19H,5-6H2,1-4H3. The zero-order valence-corrected chi connectivity index (χ0v) is 12.4. The van der Waals surface area contributed by atoms with Gasteiger partial charge in [0.2, 0.25) is 0 Å². The van der Waals surface area contributed by atoms with E-state index in [-0.39, 0.29) is 6.04 Å². The molecule has 1 N–H and O–H groups in total. The molecule has 2 rings (SSSR count). The summed E-state index contributed by atoms with van der Waals surface area (Å²) in [5, 5.41) is 15.0. The Hall–Kier alpha value is -1.82. The number of aryl methyl sites for hydroxylation is 1. The normalized spacial score (nSPS) is 12.9. The van der Waals surface area contributed by atoms with E-state index in [1.165, 1.54) is 0 Å². The molecule has 2 aromatic heterocycles. The van der Waals surface area contributed by atoms with Crippen LogP contribution in [0.5, 0.6) is 5.75 Å². The molecule has 20 heavy (non-hydrogen) atoms. The number of methoxy groups -OCH3 is 1. The molecule has 110 valence electrons. The highest BCUT2D eigenvalue weighted by molar-refractivity contribution is 5.32. The van der Waals surface area contributed by atoms with Crippen LogP contribution in [-0.2, 0) is 6.54 Å². The first-order chi connectivity index (χ1) is 9.60. The Morgan fingerprint density at radius 1 is 1.35 bits per heavy atom. The number of aliphatic hydroxyl groups is 1. The van der Waals surface area contributed by atoms with Gasteiger partial charge in [0.25, 0.3) is 0 Å². The lowest BCUT2D eigenvalue weighted by Crippen LogP contribution is -2.15. The first kappa shape index (κ1) is 14.6. The van der Waals surface area contributed by atoms with Crippen molar-refractivity contribution in [2.45, 2.75) is 45.9 Å². The van der Waals surface area contributed by atoms with E-state index in [1.807, 2.05) is 18.4 Å². The highest BCUT2D eigenvalue weighted by atomic mass is 16.5. The molecule has 0 aliphatic rings. The van der Waals surface area contributed by atoms with Crippen molar-refractivity contribution < 1.29 is 9.84 Å². The van der Waals surface area contributed by atoms with Crippen LogP contribution in [0.15, 0.2) is 18.7 Å². The van der Waals surface area contributed by atoms with Crippen molar-refractivity contribution in [3.63, 3.8) is 0 Å². The SMILES string of the molecule is CCCn1cncc1C(O)c1c(OC)cnn1C(C)C. The number of aliphatic hydroxyl groups excluding tert-OH is 1. The van der Waals surface area contributed by atoms with E-state index in [9.17, 15) is 5.11 Å². The Bertz CT molecular complexity index is 559. The largest absolute Gasteiger partial charge is 0.493 e. The van der Waals surface area contributed by atoms with Gasteiger partial charge in [0.05, 0.1) is 31.5 Å². The van der Waals surface area contributed by atoms with Gasteiger partial charge in [-0.1, -0.05) is 6.92 Å². The molecule has 0 radical (unpaired) electrons. The van der Waals surface area contributed by atoms with Gasteiger partial charge in [-0.05, 0) is 20.3 Å². The molecular weight excluding hydrogens is 256 g/mol. The molecule has 2 aromatic rings. The second-order valence-electron chi connectivity index (χ2n) is 5.05. The third-order valence-corrected chi connectivity index (χ3v) is 3.26. The lowest BCUT2D eigenvalue weighted by molar-refractivity contribution is 0.190. The lowest BCUT2D eigenvalue weighted by Gasteiger charge is -2.18. The highest BCUT2D eigenvalue weighted by Gasteiger charge is 2.25. The summed E-state index contributed by atoms with van der Waals surface area (Å²) in [7, 11) is 1.58. The Kier molecular flexibility index (Phi) is 4.44. The minimum atomic E-state index is -0.802. The summed E-state index contributed by atoms with van der Waals surface area (Å²) >= 11 is 0. The van der Waals surface area contributed by atoms with Gasteiger partial charge >= 0.3 is 0 Å². The van der Waals surface area contributed by atoms with Gasteiger partial charge in [-0.3, -0.25) is 4.68 Å². The van der Waals surface area contributed by atoms with E-state index in [0.717, 1.165) is 18.7 Å². The van der Waals surface area contributed by atoms with Crippen LogP contribution < -0.4 is 4.74 Å². The topological polar surface area (TPSA) is 65.1 Å². The summed E-state index contributed by atoms with van der Waals surface area (Å²) in [5.41, 5.74) is 1.42. The zero-order chi connectivity index (χ0) is 14.7. The van der Waals surface area contributed by atoms with Gasteiger partial charge in [0, 0.05) is 12.6 Å². The smallest absolute Gasteiger partial charge is 0.163 e. The molecule has 6 nitrogen and oxygen atoms in total. The van der Waals surface area contributed by atoms with Crippen molar-refractivity contribution in [3.05, 3.63) is 30.1 Å². The molecule has 6 heteroatoms. The Morgan fingerprint density at radius 2 is 2.10 bits per heavy atom. The van der Waals surface area contributed by atoms with Gasteiger partial charge in [0.1, 0.15) is 11.8 Å². The molecule has 1 unspecified atom stereocenters. The molecule has 0 saturated heterocycles. The van der Waals surface area contributed by atoms with Crippen molar-refractivity contribution in [2.75, 3.05) is 7.11 Å². The van der Waals surface area contributed by atoms with E-state index in [4.69, 9.17) is 4.74 Å². The van der Waals surface area contributed by atoms with Crippen molar-refractivity contribution in [1.29, 1.82) is 0 Å². The van der Waals surface area contributed by atoms with Crippen LogP contribution in [0.2, 0.25) is 0 Å². The molecule has 1 atom stereocenters. The average molecular weight is 278 g/mol. The third kappa shape index (κ3) is 2.56. The Labute approximate surface area is 119 Å². The molecular formula is C14H22N4O2. The van der Waals surface area contributed by atoms with E-state index in [0.29, 0.717) is 11.4 Å². The van der Waals surface area contributed by atoms with Gasteiger partial charge < -0.3 is 14.4 Å². The number of rotatable bonds is 6. The number of aromatic nitrogens is 4. The second-order valence-corrected chi connectivity index (χ2v) is 5.05. The van der Waals surface area contributed by atoms with E-state index >= 15 is 0 Å². The molecule has 0 aliphatic carbocycles. The Balaban J connectivity index is 2.44. The number of hydrogen-bond donors (Lipinski definition) is 1. The number of imidazole rings is 1. The summed E-state index contributed by atoms with van der Waals surface area (Å²) in [6.07, 6.45) is 5.25. The fraction of sp³-hybridized carbons (Fsp3) is 0.571. The first-order valence-electron chi connectivity index (χ1n) is 6.89. The molecule has 0 spiro atoms. The van der Waals surface area contributed by atoms with Crippen LogP contribution in [0.4, 0.5) is 0 Å². The summed E-state index contributed by atoms with van der Waals surface area (Å²) in [6, 6.07) is 0.145. The maximum Gasteiger partial charge on any atom is 0.163 e. The number of hydrogen-bond acceptors (Lipinski definition) is 4. The van der Waals surface area contributed by atoms with Crippen LogP contribution in [0.25, 0.3) is 0 Å². The maximum atomic E-state index is 10.7. The zero-order valence-electron chi connectivity index (χ0n) is 12.4. The Morgan fingerprint density at radius 3 is 2.70 bits per heavy atom. The van der Waals surface area contributed by atoms with Crippen molar-refractivity contribution in [2.24, 2.45) is 0 Å². The van der Waals surface area contributed by atoms with Gasteiger partial charge in [0.15, 0.2) is 5.75 Å². The maximum absolute atomic E-state index is 10.7. The quantitative estimate of drug-likeness (QED) is 0.879. The molecule has 0 amide bonds. The molecule has 0 bridgehead atoms. The molecule has 0 aliphatic heterocycles. The molecule has 2 heterocycles. The minimum absolute atomic E-state index is 0.145. The first-order valence-corrected chi connectivity index (χ1v) is 6.89. The minimum Gasteiger partial charge on any atom is -0.493 e. The number of ether oxygens (including phenoxy) is 1. The fourth-order valence-corrected chi connectivity index (χ4v) is 2.31. The third-order valence-electron chi connectivity index (χ3n) is 3.26. The van der Waals surface area contributed by atoms with Crippen LogP contribution in [-0.4, -0.2) is 31.5 Å². The molecule has 0 fully saturated rings. The lowest BCUT2D eigenvalue weighted by atomic mass is 10.1.